The van der Waals surface area contributed by atoms with Gasteiger partial charge in [-0.15, -0.1) is 0 Å². The number of aromatic nitrogens is 1. The summed E-state index contributed by atoms with van der Waals surface area (Å²) >= 11 is 5.67. The average Bonchev–Trinajstić information content (AvgIpc) is 2.37. The van der Waals surface area contributed by atoms with E-state index >= 15 is 0 Å². The molecular weight excluding hydrogens is 276 g/mol. The van der Waals surface area contributed by atoms with Crippen LogP contribution in [-0.2, 0) is 9.47 Å². The molecule has 106 valence electrons. The third-order valence-electron chi connectivity index (χ3n) is 2.11. The first-order chi connectivity index (χ1) is 9.15. The molecule has 1 heterocycles. The highest BCUT2D eigenvalue weighted by atomic mass is 35.5. The van der Waals surface area contributed by atoms with Crippen molar-refractivity contribution in [3.8, 4) is 5.88 Å². The Morgan fingerprint density at radius 2 is 2.11 bits per heavy atom. The van der Waals surface area contributed by atoms with Crippen molar-refractivity contribution in [3.05, 3.63) is 27.4 Å². The lowest BCUT2D eigenvalue weighted by atomic mass is 10.4. The second kappa shape index (κ2) is 8.63. The van der Waals surface area contributed by atoms with Crippen LogP contribution in [0.4, 0.5) is 5.69 Å². The summed E-state index contributed by atoms with van der Waals surface area (Å²) in [6, 6.07) is 2.61. The first-order valence-electron chi connectivity index (χ1n) is 5.65. The molecule has 0 amide bonds. The molecule has 0 aromatic carbocycles. The summed E-state index contributed by atoms with van der Waals surface area (Å²) in [5, 5.41) is 10.9. The molecule has 0 radical (unpaired) electrons. The smallest absolute Gasteiger partial charge is 0.331 e. The molecule has 0 spiro atoms. The van der Waals surface area contributed by atoms with Gasteiger partial charge in [-0.1, -0.05) is 11.6 Å². The summed E-state index contributed by atoms with van der Waals surface area (Å²) in [7, 11) is 1.59. The van der Waals surface area contributed by atoms with Crippen molar-refractivity contribution in [2.75, 3.05) is 33.5 Å². The van der Waals surface area contributed by atoms with Gasteiger partial charge in [0.05, 0.1) is 24.7 Å². The zero-order chi connectivity index (χ0) is 14.1. The highest BCUT2D eigenvalue weighted by Crippen LogP contribution is 2.26. The van der Waals surface area contributed by atoms with Crippen LogP contribution >= 0.6 is 11.6 Å². The molecule has 7 nitrogen and oxygen atoms in total. The highest BCUT2D eigenvalue weighted by Gasteiger charge is 2.16. The first kappa shape index (κ1) is 15.6. The van der Waals surface area contributed by atoms with Gasteiger partial charge in [-0.05, 0) is 6.07 Å². The number of hydrogen-bond acceptors (Lipinski definition) is 6. The van der Waals surface area contributed by atoms with E-state index in [0.717, 1.165) is 0 Å². The number of rotatable bonds is 9. The van der Waals surface area contributed by atoms with Gasteiger partial charge >= 0.3 is 5.69 Å². The van der Waals surface area contributed by atoms with Gasteiger partial charge < -0.3 is 14.2 Å². The van der Waals surface area contributed by atoms with E-state index in [1.165, 1.54) is 12.1 Å². The van der Waals surface area contributed by atoms with Crippen molar-refractivity contribution in [3.63, 3.8) is 0 Å². The summed E-state index contributed by atoms with van der Waals surface area (Å²) in [5.41, 5.74) is -0.204. The molecule has 0 aliphatic rings. The fourth-order valence-corrected chi connectivity index (χ4v) is 1.37. The van der Waals surface area contributed by atoms with E-state index < -0.39 is 4.92 Å². The molecule has 0 fully saturated rings. The van der Waals surface area contributed by atoms with Gasteiger partial charge in [-0.2, -0.15) is 4.98 Å². The highest BCUT2D eigenvalue weighted by molar-refractivity contribution is 6.29. The Kier molecular flexibility index (Phi) is 7.09. The molecule has 0 N–H and O–H groups in total. The van der Waals surface area contributed by atoms with Crippen LogP contribution in [0.2, 0.25) is 5.15 Å². The minimum atomic E-state index is -0.562. The quantitative estimate of drug-likeness (QED) is 0.300. The molecule has 0 saturated heterocycles. The van der Waals surface area contributed by atoms with Crippen molar-refractivity contribution in [2.45, 2.75) is 6.42 Å². The van der Waals surface area contributed by atoms with Gasteiger partial charge in [-0.25, -0.2) is 0 Å². The Morgan fingerprint density at radius 3 is 2.79 bits per heavy atom. The van der Waals surface area contributed by atoms with Crippen LogP contribution in [-0.4, -0.2) is 43.4 Å². The van der Waals surface area contributed by atoms with Crippen LogP contribution in [0.1, 0.15) is 6.42 Å². The number of pyridine rings is 1. The van der Waals surface area contributed by atoms with Crippen LogP contribution in [0.25, 0.3) is 0 Å². The molecule has 0 bridgehead atoms. The SMILES string of the molecule is COCCOCCCOc1nc(Cl)ccc1[N+](=O)[O-]. The fraction of sp³-hybridized carbons (Fsp3) is 0.545. The standard InChI is InChI=1S/C11H15ClN2O5/c1-17-7-8-18-5-2-6-19-11-9(14(15)16)3-4-10(12)13-11/h3-4H,2,5-8H2,1H3. The zero-order valence-electron chi connectivity index (χ0n) is 10.5. The second-order valence-corrected chi connectivity index (χ2v) is 3.91. The van der Waals surface area contributed by atoms with Gasteiger partial charge in [0.1, 0.15) is 5.15 Å². The van der Waals surface area contributed by atoms with Gasteiger partial charge in [0, 0.05) is 26.2 Å². The normalized spacial score (nSPS) is 10.4. The van der Waals surface area contributed by atoms with Crippen LogP contribution in [0.5, 0.6) is 5.88 Å². The second-order valence-electron chi connectivity index (χ2n) is 3.52. The molecule has 0 saturated carbocycles. The molecule has 8 heteroatoms. The summed E-state index contributed by atoms with van der Waals surface area (Å²) < 4.78 is 15.3. The van der Waals surface area contributed by atoms with E-state index in [-0.39, 0.29) is 23.3 Å². The van der Waals surface area contributed by atoms with Gasteiger partial charge in [0.2, 0.25) is 0 Å². The third kappa shape index (κ3) is 5.82. The van der Waals surface area contributed by atoms with Gasteiger partial charge in [0.25, 0.3) is 5.88 Å². The number of nitrogens with zero attached hydrogens (tertiary/aromatic N) is 2. The summed E-state index contributed by atoms with van der Waals surface area (Å²) in [6.45, 7) is 1.78. The first-order valence-corrected chi connectivity index (χ1v) is 6.03. The maximum atomic E-state index is 10.7. The van der Waals surface area contributed by atoms with E-state index in [9.17, 15) is 10.1 Å². The van der Waals surface area contributed by atoms with Crippen molar-refractivity contribution in [2.24, 2.45) is 0 Å². The summed E-state index contributed by atoms with van der Waals surface area (Å²) in [5.74, 6) is -0.0746. The minimum Gasteiger partial charge on any atom is -0.473 e. The molecule has 0 unspecified atom stereocenters. The Hall–Kier alpha value is -1.44. The number of hydrogen-bond donors (Lipinski definition) is 0. The van der Waals surface area contributed by atoms with Crippen molar-refractivity contribution >= 4 is 17.3 Å². The topological polar surface area (TPSA) is 83.7 Å². The summed E-state index contributed by atoms with van der Waals surface area (Å²) in [4.78, 5) is 14.0. The van der Waals surface area contributed by atoms with E-state index in [4.69, 9.17) is 25.8 Å². The number of ether oxygens (including phenoxy) is 3. The Labute approximate surface area is 115 Å². The third-order valence-corrected chi connectivity index (χ3v) is 2.32. The molecule has 19 heavy (non-hydrogen) atoms. The molecule has 1 rings (SSSR count). The minimum absolute atomic E-state index is 0.0746. The lowest BCUT2D eigenvalue weighted by Gasteiger charge is -2.06. The predicted molar refractivity (Wildman–Crippen MR) is 68.7 cm³/mol. The van der Waals surface area contributed by atoms with Crippen LogP contribution in [0, 0.1) is 10.1 Å². The van der Waals surface area contributed by atoms with E-state index in [2.05, 4.69) is 4.98 Å². The molecule has 0 atom stereocenters. The predicted octanol–water partition coefficient (Wildman–Crippen LogP) is 2.08. The monoisotopic (exact) mass is 290 g/mol. The maximum absolute atomic E-state index is 10.7. The van der Waals surface area contributed by atoms with Crippen molar-refractivity contribution < 1.29 is 19.1 Å². The lowest BCUT2D eigenvalue weighted by Crippen LogP contribution is -2.08. The van der Waals surface area contributed by atoms with Gasteiger partial charge in [0.15, 0.2) is 0 Å². The molecule has 1 aromatic rings. The van der Waals surface area contributed by atoms with E-state index in [0.29, 0.717) is 26.2 Å². The van der Waals surface area contributed by atoms with Crippen LogP contribution in [0.15, 0.2) is 12.1 Å². The zero-order valence-corrected chi connectivity index (χ0v) is 11.3. The largest absolute Gasteiger partial charge is 0.473 e. The van der Waals surface area contributed by atoms with Crippen LogP contribution in [0.3, 0.4) is 0 Å². The molecule has 0 aliphatic heterocycles. The molecule has 0 aliphatic carbocycles. The summed E-state index contributed by atoms with van der Waals surface area (Å²) in [6.07, 6.45) is 0.592. The maximum Gasteiger partial charge on any atom is 0.331 e. The molecule has 1 aromatic heterocycles. The van der Waals surface area contributed by atoms with Crippen LogP contribution < -0.4 is 4.74 Å². The number of methoxy groups -OCH3 is 1. The molecular formula is C11H15ClN2O5. The van der Waals surface area contributed by atoms with Gasteiger partial charge in [-0.3, -0.25) is 10.1 Å². The number of nitro groups is 1. The Balaban J connectivity index is 2.36. The Morgan fingerprint density at radius 1 is 1.32 bits per heavy atom. The van der Waals surface area contributed by atoms with Crippen molar-refractivity contribution in [1.82, 2.24) is 4.98 Å². The van der Waals surface area contributed by atoms with Crippen molar-refractivity contribution in [1.29, 1.82) is 0 Å². The number of halogens is 1. The van der Waals surface area contributed by atoms with E-state index in [1.54, 1.807) is 7.11 Å². The average molecular weight is 291 g/mol. The lowest BCUT2D eigenvalue weighted by molar-refractivity contribution is -0.386. The van der Waals surface area contributed by atoms with E-state index in [1.807, 2.05) is 0 Å². The Bertz CT molecular complexity index is 416. The fourth-order valence-electron chi connectivity index (χ4n) is 1.23.